The Kier molecular flexibility index (Phi) is 4.88. The molecule has 2 aliphatic heterocycles. The van der Waals surface area contributed by atoms with Gasteiger partial charge in [0, 0.05) is 37.6 Å². The van der Waals surface area contributed by atoms with Gasteiger partial charge in [-0.1, -0.05) is 0 Å². The summed E-state index contributed by atoms with van der Waals surface area (Å²) < 4.78 is 0. The van der Waals surface area contributed by atoms with Crippen molar-refractivity contribution in [1.82, 2.24) is 10.2 Å². The number of carboxylic acids is 1. The van der Waals surface area contributed by atoms with Gasteiger partial charge in [0.25, 0.3) is 0 Å². The minimum absolute atomic E-state index is 0.0419. The van der Waals surface area contributed by atoms with Crippen LogP contribution in [0.15, 0.2) is 0 Å². The number of hydrogen-bond donors (Lipinski definition) is 2. The molecule has 102 valence electrons. The van der Waals surface area contributed by atoms with Gasteiger partial charge in [0.05, 0.1) is 6.04 Å². The maximum atomic E-state index is 12.2. The molecule has 0 aromatic heterocycles. The lowest BCUT2D eigenvalue weighted by Gasteiger charge is -2.35. The molecule has 2 aliphatic rings. The highest BCUT2D eigenvalue weighted by atomic mass is 32.2. The molecule has 0 saturated carbocycles. The Labute approximate surface area is 111 Å². The fourth-order valence-corrected chi connectivity index (χ4v) is 3.47. The van der Waals surface area contributed by atoms with Gasteiger partial charge in [-0.15, -0.1) is 0 Å². The molecule has 0 radical (unpaired) electrons. The van der Waals surface area contributed by atoms with Gasteiger partial charge >= 0.3 is 5.97 Å². The standard InChI is InChI=1S/C12H20N2O3S/c15-11(16)7-9-1-4-14(5-2-9)12(17)10-8-18-6-3-13-10/h9-10,13H,1-8H2,(H,15,16). The second-order valence-electron chi connectivity index (χ2n) is 4.95. The third-order valence-electron chi connectivity index (χ3n) is 3.61. The Balaban J connectivity index is 1.78. The predicted octanol–water partition coefficient (Wildman–Crippen LogP) is 0.405. The number of nitrogens with zero attached hydrogens (tertiary/aromatic N) is 1. The van der Waals surface area contributed by atoms with Crippen molar-refractivity contribution in [3.05, 3.63) is 0 Å². The number of likely N-dealkylation sites (tertiary alicyclic amines) is 1. The predicted molar refractivity (Wildman–Crippen MR) is 70.7 cm³/mol. The van der Waals surface area contributed by atoms with E-state index in [0.29, 0.717) is 13.1 Å². The van der Waals surface area contributed by atoms with Crippen molar-refractivity contribution in [1.29, 1.82) is 0 Å². The summed E-state index contributed by atoms with van der Waals surface area (Å²) in [6.07, 6.45) is 1.87. The molecule has 2 saturated heterocycles. The SMILES string of the molecule is O=C(O)CC1CCN(C(=O)C2CSCCN2)CC1. The summed E-state index contributed by atoms with van der Waals surface area (Å²) in [5.74, 6) is 1.62. The number of thioether (sulfide) groups is 1. The van der Waals surface area contributed by atoms with Crippen LogP contribution in [-0.4, -0.2) is 59.1 Å². The van der Waals surface area contributed by atoms with Crippen LogP contribution in [0.5, 0.6) is 0 Å². The summed E-state index contributed by atoms with van der Waals surface area (Å²) in [5, 5.41) is 12.0. The lowest BCUT2D eigenvalue weighted by molar-refractivity contribution is -0.139. The average molecular weight is 272 g/mol. The van der Waals surface area contributed by atoms with E-state index < -0.39 is 5.97 Å². The van der Waals surface area contributed by atoms with E-state index in [0.717, 1.165) is 30.9 Å². The summed E-state index contributed by atoms with van der Waals surface area (Å²) in [6.45, 7) is 2.32. The minimum atomic E-state index is -0.731. The summed E-state index contributed by atoms with van der Waals surface area (Å²) in [6, 6.07) is -0.0419. The van der Waals surface area contributed by atoms with Crippen molar-refractivity contribution in [3.63, 3.8) is 0 Å². The van der Waals surface area contributed by atoms with E-state index >= 15 is 0 Å². The molecule has 2 heterocycles. The van der Waals surface area contributed by atoms with Crippen molar-refractivity contribution < 1.29 is 14.7 Å². The number of piperidine rings is 1. The molecule has 0 aliphatic carbocycles. The fourth-order valence-electron chi connectivity index (χ4n) is 2.55. The van der Waals surface area contributed by atoms with Crippen LogP contribution in [0.25, 0.3) is 0 Å². The number of aliphatic carboxylic acids is 1. The minimum Gasteiger partial charge on any atom is -0.481 e. The Bertz CT molecular complexity index is 310. The normalized spacial score (nSPS) is 26.0. The largest absolute Gasteiger partial charge is 0.481 e. The quantitative estimate of drug-likeness (QED) is 0.778. The zero-order valence-electron chi connectivity index (χ0n) is 10.4. The molecule has 0 aromatic carbocycles. The highest BCUT2D eigenvalue weighted by Crippen LogP contribution is 2.21. The molecular weight excluding hydrogens is 252 g/mol. The lowest BCUT2D eigenvalue weighted by Crippen LogP contribution is -2.52. The van der Waals surface area contributed by atoms with Crippen LogP contribution in [0.4, 0.5) is 0 Å². The number of carbonyl (C=O) groups is 2. The van der Waals surface area contributed by atoms with Crippen molar-refractivity contribution in [2.45, 2.75) is 25.3 Å². The number of carboxylic acid groups (broad SMARTS) is 1. The van der Waals surface area contributed by atoms with Gasteiger partial charge in [0.2, 0.25) is 5.91 Å². The maximum absolute atomic E-state index is 12.2. The Morgan fingerprint density at radius 2 is 2.06 bits per heavy atom. The van der Waals surface area contributed by atoms with E-state index in [9.17, 15) is 9.59 Å². The Hall–Kier alpha value is -0.750. The van der Waals surface area contributed by atoms with E-state index in [1.165, 1.54) is 0 Å². The first-order valence-electron chi connectivity index (χ1n) is 6.48. The van der Waals surface area contributed by atoms with Gasteiger partial charge in [0.15, 0.2) is 0 Å². The van der Waals surface area contributed by atoms with Gasteiger partial charge < -0.3 is 15.3 Å². The van der Waals surface area contributed by atoms with E-state index in [1.54, 1.807) is 0 Å². The Morgan fingerprint density at radius 1 is 1.33 bits per heavy atom. The van der Waals surface area contributed by atoms with Crippen LogP contribution in [0.2, 0.25) is 0 Å². The van der Waals surface area contributed by atoms with Crippen LogP contribution in [0.1, 0.15) is 19.3 Å². The van der Waals surface area contributed by atoms with Crippen molar-refractivity contribution in [2.75, 3.05) is 31.1 Å². The molecular formula is C12H20N2O3S. The van der Waals surface area contributed by atoms with Gasteiger partial charge in [-0.05, 0) is 18.8 Å². The van der Waals surface area contributed by atoms with Gasteiger partial charge in [-0.25, -0.2) is 0 Å². The third-order valence-corrected chi connectivity index (χ3v) is 4.67. The summed E-state index contributed by atoms with van der Waals surface area (Å²) in [4.78, 5) is 24.7. The summed E-state index contributed by atoms with van der Waals surface area (Å²) in [5.41, 5.74) is 0. The molecule has 2 N–H and O–H groups in total. The lowest BCUT2D eigenvalue weighted by atomic mass is 9.93. The van der Waals surface area contributed by atoms with Crippen LogP contribution in [-0.2, 0) is 9.59 Å². The molecule has 1 unspecified atom stereocenters. The molecule has 5 nitrogen and oxygen atoms in total. The monoisotopic (exact) mass is 272 g/mol. The molecule has 6 heteroatoms. The number of amides is 1. The van der Waals surface area contributed by atoms with Crippen molar-refractivity contribution >= 4 is 23.6 Å². The highest BCUT2D eigenvalue weighted by molar-refractivity contribution is 7.99. The van der Waals surface area contributed by atoms with Gasteiger partial charge in [-0.3, -0.25) is 9.59 Å². The van der Waals surface area contributed by atoms with Crippen LogP contribution < -0.4 is 5.32 Å². The van der Waals surface area contributed by atoms with Crippen LogP contribution in [0.3, 0.4) is 0 Å². The summed E-state index contributed by atoms with van der Waals surface area (Å²) in [7, 11) is 0. The number of carbonyl (C=O) groups excluding carboxylic acids is 1. The average Bonchev–Trinajstić information content (AvgIpc) is 2.39. The van der Waals surface area contributed by atoms with E-state index in [-0.39, 0.29) is 24.3 Å². The van der Waals surface area contributed by atoms with Gasteiger partial charge in [-0.2, -0.15) is 11.8 Å². The van der Waals surface area contributed by atoms with Gasteiger partial charge in [0.1, 0.15) is 0 Å². The number of rotatable bonds is 3. The first kappa shape index (κ1) is 13.7. The molecule has 18 heavy (non-hydrogen) atoms. The molecule has 0 aromatic rings. The first-order valence-corrected chi connectivity index (χ1v) is 7.64. The van der Waals surface area contributed by atoms with Crippen LogP contribution in [0, 0.1) is 5.92 Å². The first-order chi connectivity index (χ1) is 8.66. The number of hydrogen-bond acceptors (Lipinski definition) is 4. The van der Waals surface area contributed by atoms with E-state index in [4.69, 9.17) is 5.11 Å². The zero-order valence-corrected chi connectivity index (χ0v) is 11.2. The van der Waals surface area contributed by atoms with Crippen molar-refractivity contribution in [3.8, 4) is 0 Å². The summed E-state index contributed by atoms with van der Waals surface area (Å²) >= 11 is 1.82. The van der Waals surface area contributed by atoms with E-state index in [2.05, 4.69) is 5.32 Å². The second kappa shape index (κ2) is 6.43. The second-order valence-corrected chi connectivity index (χ2v) is 6.10. The highest BCUT2D eigenvalue weighted by Gasteiger charge is 2.29. The van der Waals surface area contributed by atoms with Crippen molar-refractivity contribution in [2.24, 2.45) is 5.92 Å². The number of nitrogens with one attached hydrogen (secondary N) is 1. The van der Waals surface area contributed by atoms with E-state index in [1.807, 2.05) is 16.7 Å². The smallest absolute Gasteiger partial charge is 0.303 e. The topological polar surface area (TPSA) is 69.6 Å². The third kappa shape index (κ3) is 3.62. The molecule has 2 rings (SSSR count). The molecule has 1 amide bonds. The molecule has 0 bridgehead atoms. The maximum Gasteiger partial charge on any atom is 0.303 e. The molecule has 1 atom stereocenters. The Morgan fingerprint density at radius 3 is 2.61 bits per heavy atom. The molecule has 2 fully saturated rings. The zero-order chi connectivity index (χ0) is 13.0. The van der Waals surface area contributed by atoms with Crippen LogP contribution >= 0.6 is 11.8 Å². The fraction of sp³-hybridized carbons (Fsp3) is 0.833. The molecule has 0 spiro atoms.